The molecule has 6 nitrogen and oxygen atoms in total. The van der Waals surface area contributed by atoms with Crippen LogP contribution in [0.15, 0.2) is 24.5 Å². The molecule has 0 saturated heterocycles. The van der Waals surface area contributed by atoms with Gasteiger partial charge in [0, 0.05) is 18.9 Å². The molecule has 0 aromatic carbocycles. The van der Waals surface area contributed by atoms with Gasteiger partial charge in [-0.3, -0.25) is 9.78 Å². The second kappa shape index (κ2) is 6.25. The van der Waals surface area contributed by atoms with Crippen molar-refractivity contribution in [2.75, 3.05) is 0 Å². The SMILES string of the molecule is Cc1nc(CC(=O)NCc2cccnc2)sc1C(=O)[O-]. The molecule has 2 aromatic rings. The Morgan fingerprint density at radius 3 is 2.85 bits per heavy atom. The number of pyridine rings is 1. The van der Waals surface area contributed by atoms with Crippen LogP contribution in [-0.4, -0.2) is 21.8 Å². The van der Waals surface area contributed by atoms with Crippen LogP contribution in [0.5, 0.6) is 0 Å². The normalized spacial score (nSPS) is 10.2. The number of aryl methyl sites for hydroxylation is 1. The number of nitrogens with zero attached hydrogens (tertiary/aromatic N) is 2. The van der Waals surface area contributed by atoms with Crippen molar-refractivity contribution in [3.63, 3.8) is 0 Å². The Balaban J connectivity index is 1.92. The molecule has 0 aliphatic carbocycles. The van der Waals surface area contributed by atoms with Crippen molar-refractivity contribution in [2.24, 2.45) is 0 Å². The van der Waals surface area contributed by atoms with Gasteiger partial charge in [0.2, 0.25) is 5.91 Å². The zero-order valence-electron chi connectivity index (χ0n) is 10.8. The van der Waals surface area contributed by atoms with E-state index in [4.69, 9.17) is 0 Å². The van der Waals surface area contributed by atoms with Crippen LogP contribution in [0.3, 0.4) is 0 Å². The molecular formula is C13H12N3O3S-. The Bertz CT molecular complexity index is 625. The van der Waals surface area contributed by atoms with Crippen LogP contribution in [-0.2, 0) is 17.8 Å². The number of aromatic nitrogens is 2. The Morgan fingerprint density at radius 1 is 1.45 bits per heavy atom. The summed E-state index contributed by atoms with van der Waals surface area (Å²) in [6.07, 6.45) is 3.38. The van der Waals surface area contributed by atoms with Gasteiger partial charge in [-0.25, -0.2) is 4.98 Å². The molecule has 0 saturated carbocycles. The highest BCUT2D eigenvalue weighted by atomic mass is 32.1. The standard InChI is InChI=1S/C13H13N3O3S/c1-8-12(13(18)19)20-11(16-8)5-10(17)15-7-9-3-2-4-14-6-9/h2-4,6H,5,7H2,1H3,(H,15,17)(H,18,19)/p-1. The smallest absolute Gasteiger partial charge is 0.227 e. The van der Waals surface area contributed by atoms with E-state index in [1.54, 1.807) is 25.4 Å². The summed E-state index contributed by atoms with van der Waals surface area (Å²) < 4.78 is 0. The summed E-state index contributed by atoms with van der Waals surface area (Å²) in [6, 6.07) is 3.65. The van der Waals surface area contributed by atoms with Crippen LogP contribution in [0.4, 0.5) is 0 Å². The maximum absolute atomic E-state index is 11.7. The van der Waals surface area contributed by atoms with Crippen molar-refractivity contribution in [2.45, 2.75) is 19.9 Å². The van der Waals surface area contributed by atoms with Gasteiger partial charge in [0.25, 0.3) is 0 Å². The molecule has 2 aromatic heterocycles. The van der Waals surface area contributed by atoms with Gasteiger partial charge in [0.05, 0.1) is 23.0 Å². The molecule has 0 bridgehead atoms. The van der Waals surface area contributed by atoms with E-state index >= 15 is 0 Å². The molecule has 0 radical (unpaired) electrons. The third-order valence-corrected chi connectivity index (χ3v) is 3.69. The van der Waals surface area contributed by atoms with Crippen LogP contribution in [0.1, 0.15) is 25.9 Å². The lowest BCUT2D eigenvalue weighted by atomic mass is 10.3. The van der Waals surface area contributed by atoms with Crippen molar-refractivity contribution in [1.29, 1.82) is 0 Å². The number of nitrogens with one attached hydrogen (secondary N) is 1. The van der Waals surface area contributed by atoms with Crippen molar-refractivity contribution in [3.05, 3.63) is 45.7 Å². The van der Waals surface area contributed by atoms with Gasteiger partial charge in [0.1, 0.15) is 5.01 Å². The number of carboxylic acid groups (broad SMARTS) is 1. The van der Waals surface area contributed by atoms with Crippen LogP contribution < -0.4 is 10.4 Å². The summed E-state index contributed by atoms with van der Waals surface area (Å²) >= 11 is 0.971. The summed E-state index contributed by atoms with van der Waals surface area (Å²) in [5, 5.41) is 14.0. The molecule has 2 heterocycles. The fraction of sp³-hybridized carbons (Fsp3) is 0.231. The number of rotatable bonds is 5. The maximum atomic E-state index is 11.7. The molecule has 20 heavy (non-hydrogen) atoms. The molecule has 2 rings (SSSR count). The molecule has 7 heteroatoms. The van der Waals surface area contributed by atoms with E-state index in [-0.39, 0.29) is 17.2 Å². The lowest BCUT2D eigenvalue weighted by Gasteiger charge is -2.03. The monoisotopic (exact) mass is 290 g/mol. The van der Waals surface area contributed by atoms with Gasteiger partial charge in [-0.15, -0.1) is 11.3 Å². The van der Waals surface area contributed by atoms with Crippen molar-refractivity contribution in [3.8, 4) is 0 Å². The van der Waals surface area contributed by atoms with Gasteiger partial charge in [-0.05, 0) is 18.6 Å². The number of aromatic carboxylic acids is 1. The maximum Gasteiger partial charge on any atom is 0.227 e. The third kappa shape index (κ3) is 3.61. The first kappa shape index (κ1) is 14.1. The van der Waals surface area contributed by atoms with Crippen molar-refractivity contribution < 1.29 is 14.7 Å². The highest BCUT2D eigenvalue weighted by Crippen LogP contribution is 2.17. The predicted octanol–water partition coefficient (Wildman–Crippen LogP) is 0.0689. The average molecular weight is 290 g/mol. The van der Waals surface area contributed by atoms with Crippen LogP contribution >= 0.6 is 11.3 Å². The van der Waals surface area contributed by atoms with E-state index in [9.17, 15) is 14.7 Å². The Hall–Kier alpha value is -2.28. The van der Waals surface area contributed by atoms with Crippen LogP contribution in [0.2, 0.25) is 0 Å². The van der Waals surface area contributed by atoms with Crippen molar-refractivity contribution in [1.82, 2.24) is 15.3 Å². The number of amides is 1. The quantitative estimate of drug-likeness (QED) is 0.840. The summed E-state index contributed by atoms with van der Waals surface area (Å²) in [4.78, 5) is 30.6. The van der Waals surface area contributed by atoms with E-state index in [2.05, 4.69) is 15.3 Å². The molecule has 0 spiro atoms. The highest BCUT2D eigenvalue weighted by molar-refractivity contribution is 7.13. The fourth-order valence-electron chi connectivity index (χ4n) is 1.62. The second-order valence-electron chi connectivity index (χ2n) is 4.12. The minimum atomic E-state index is -1.26. The van der Waals surface area contributed by atoms with Crippen LogP contribution in [0.25, 0.3) is 0 Å². The van der Waals surface area contributed by atoms with Gasteiger partial charge in [0.15, 0.2) is 0 Å². The molecular weight excluding hydrogens is 278 g/mol. The molecule has 0 aliphatic rings. The zero-order chi connectivity index (χ0) is 14.5. The topological polar surface area (TPSA) is 95.0 Å². The van der Waals surface area contributed by atoms with Gasteiger partial charge >= 0.3 is 0 Å². The lowest BCUT2D eigenvalue weighted by Crippen LogP contribution is -2.24. The van der Waals surface area contributed by atoms with Gasteiger partial charge in [-0.1, -0.05) is 6.07 Å². The minimum absolute atomic E-state index is 0.0546. The lowest BCUT2D eigenvalue weighted by molar-refractivity contribution is -0.254. The Labute approximate surface area is 119 Å². The average Bonchev–Trinajstić information content (AvgIpc) is 2.78. The van der Waals surface area contributed by atoms with Gasteiger partial charge in [-0.2, -0.15) is 0 Å². The molecule has 0 fully saturated rings. The van der Waals surface area contributed by atoms with E-state index in [0.717, 1.165) is 16.9 Å². The van der Waals surface area contributed by atoms with E-state index in [1.807, 2.05) is 6.07 Å². The fourth-order valence-corrected chi connectivity index (χ4v) is 2.52. The molecule has 104 valence electrons. The number of carbonyl (C=O) groups is 2. The number of hydrogen-bond acceptors (Lipinski definition) is 6. The number of hydrogen-bond donors (Lipinski definition) is 1. The Kier molecular flexibility index (Phi) is 4.41. The summed E-state index contributed by atoms with van der Waals surface area (Å²) in [6.45, 7) is 1.96. The first-order chi connectivity index (χ1) is 9.56. The van der Waals surface area contributed by atoms with E-state index < -0.39 is 5.97 Å². The second-order valence-corrected chi connectivity index (χ2v) is 5.21. The number of carboxylic acids is 1. The highest BCUT2D eigenvalue weighted by Gasteiger charge is 2.11. The largest absolute Gasteiger partial charge is 0.544 e. The summed E-state index contributed by atoms with van der Waals surface area (Å²) in [7, 11) is 0. The molecule has 0 unspecified atom stereocenters. The molecule has 1 N–H and O–H groups in total. The van der Waals surface area contributed by atoms with Crippen LogP contribution in [0, 0.1) is 6.92 Å². The van der Waals surface area contributed by atoms with Gasteiger partial charge < -0.3 is 15.2 Å². The summed E-state index contributed by atoms with van der Waals surface area (Å²) in [5.41, 5.74) is 1.27. The Morgan fingerprint density at radius 2 is 2.25 bits per heavy atom. The number of thiazole rings is 1. The molecule has 1 amide bonds. The predicted molar refractivity (Wildman–Crippen MR) is 71.0 cm³/mol. The van der Waals surface area contributed by atoms with E-state index in [0.29, 0.717) is 17.2 Å². The molecule has 0 atom stereocenters. The molecule has 0 aliphatic heterocycles. The van der Waals surface area contributed by atoms with E-state index in [1.165, 1.54) is 0 Å². The van der Waals surface area contributed by atoms with Crippen molar-refractivity contribution >= 4 is 23.2 Å². The first-order valence-corrected chi connectivity index (χ1v) is 6.71. The third-order valence-electron chi connectivity index (χ3n) is 2.55. The minimum Gasteiger partial charge on any atom is -0.544 e. The summed E-state index contributed by atoms with van der Waals surface area (Å²) in [5.74, 6) is -1.48. The number of carbonyl (C=O) groups excluding carboxylic acids is 2. The first-order valence-electron chi connectivity index (χ1n) is 5.89. The zero-order valence-corrected chi connectivity index (χ0v) is 11.6.